The molecule has 1 aromatic carbocycles. The van der Waals surface area contributed by atoms with Gasteiger partial charge in [0.25, 0.3) is 0 Å². The standard InChI is InChI=1S/C13H14O3/c1-3-9-15-12-7-5-11(6-8-12)10-16-13(14)4-2/h3-9H,2,10H2,1H3. The van der Waals surface area contributed by atoms with Crippen LogP contribution in [0.3, 0.4) is 0 Å². The summed E-state index contributed by atoms with van der Waals surface area (Å²) in [5.74, 6) is 0.325. The van der Waals surface area contributed by atoms with Gasteiger partial charge in [0.2, 0.25) is 0 Å². The minimum Gasteiger partial charge on any atom is -0.465 e. The first-order valence-corrected chi connectivity index (χ1v) is 4.92. The van der Waals surface area contributed by atoms with Crippen molar-refractivity contribution in [2.75, 3.05) is 0 Å². The summed E-state index contributed by atoms with van der Waals surface area (Å²) in [6, 6.07) is 7.32. The number of carbonyl (C=O) groups excluding carboxylic acids is 1. The van der Waals surface area contributed by atoms with Crippen LogP contribution in [0.1, 0.15) is 12.5 Å². The summed E-state index contributed by atoms with van der Waals surface area (Å²) in [5, 5.41) is 0. The Labute approximate surface area is 95.0 Å². The maximum atomic E-state index is 10.8. The zero-order chi connectivity index (χ0) is 11.8. The molecule has 0 fully saturated rings. The molecule has 0 radical (unpaired) electrons. The van der Waals surface area contributed by atoms with E-state index in [2.05, 4.69) is 6.58 Å². The summed E-state index contributed by atoms with van der Waals surface area (Å²) < 4.78 is 10.1. The van der Waals surface area contributed by atoms with Crippen molar-refractivity contribution in [2.45, 2.75) is 13.5 Å². The Balaban J connectivity index is 2.50. The number of hydrogen-bond donors (Lipinski definition) is 0. The molecular weight excluding hydrogens is 204 g/mol. The van der Waals surface area contributed by atoms with Gasteiger partial charge in [0, 0.05) is 6.08 Å². The first kappa shape index (κ1) is 12.0. The van der Waals surface area contributed by atoms with Gasteiger partial charge in [0.15, 0.2) is 0 Å². The van der Waals surface area contributed by atoms with Gasteiger partial charge >= 0.3 is 5.97 Å². The molecule has 0 saturated carbocycles. The highest BCUT2D eigenvalue weighted by Gasteiger charge is 1.98. The quantitative estimate of drug-likeness (QED) is 0.433. The van der Waals surface area contributed by atoms with E-state index >= 15 is 0 Å². The topological polar surface area (TPSA) is 35.5 Å². The van der Waals surface area contributed by atoms with Gasteiger partial charge < -0.3 is 9.47 Å². The summed E-state index contributed by atoms with van der Waals surface area (Å²) in [4.78, 5) is 10.8. The normalized spacial score (nSPS) is 10.1. The molecule has 0 N–H and O–H groups in total. The molecule has 3 nitrogen and oxygen atoms in total. The summed E-state index contributed by atoms with van der Waals surface area (Å²) in [7, 11) is 0. The maximum Gasteiger partial charge on any atom is 0.330 e. The van der Waals surface area contributed by atoms with Crippen molar-refractivity contribution in [3.05, 3.63) is 54.8 Å². The van der Waals surface area contributed by atoms with Gasteiger partial charge in [-0.3, -0.25) is 0 Å². The molecule has 0 spiro atoms. The smallest absolute Gasteiger partial charge is 0.330 e. The summed E-state index contributed by atoms with van der Waals surface area (Å²) >= 11 is 0. The van der Waals surface area contributed by atoms with E-state index in [9.17, 15) is 4.79 Å². The highest BCUT2D eigenvalue weighted by molar-refractivity contribution is 5.81. The van der Waals surface area contributed by atoms with E-state index in [-0.39, 0.29) is 6.61 Å². The molecule has 0 aliphatic carbocycles. The molecule has 0 aliphatic rings. The third-order valence-electron chi connectivity index (χ3n) is 1.81. The molecule has 1 rings (SSSR count). The molecule has 0 saturated heterocycles. The number of esters is 1. The van der Waals surface area contributed by atoms with Crippen LogP contribution >= 0.6 is 0 Å². The van der Waals surface area contributed by atoms with Gasteiger partial charge in [-0.1, -0.05) is 24.8 Å². The third-order valence-corrected chi connectivity index (χ3v) is 1.81. The van der Waals surface area contributed by atoms with Gasteiger partial charge in [0.05, 0.1) is 6.26 Å². The first-order valence-electron chi connectivity index (χ1n) is 4.92. The number of ether oxygens (including phenoxy) is 2. The van der Waals surface area contributed by atoms with E-state index < -0.39 is 5.97 Å². The number of carbonyl (C=O) groups is 1. The Kier molecular flexibility index (Phi) is 4.86. The van der Waals surface area contributed by atoms with Crippen LogP contribution in [0.25, 0.3) is 0 Å². The summed E-state index contributed by atoms with van der Waals surface area (Å²) in [6.07, 6.45) is 4.55. The second-order valence-corrected chi connectivity index (χ2v) is 3.04. The van der Waals surface area contributed by atoms with Crippen LogP contribution in [0.4, 0.5) is 0 Å². The molecule has 0 heterocycles. The lowest BCUT2D eigenvalue weighted by atomic mass is 10.2. The average Bonchev–Trinajstić information content (AvgIpc) is 2.34. The molecule has 1 aromatic rings. The molecule has 0 amide bonds. The lowest BCUT2D eigenvalue weighted by Gasteiger charge is -2.03. The Hall–Kier alpha value is -2.03. The van der Waals surface area contributed by atoms with E-state index in [1.54, 1.807) is 12.3 Å². The fourth-order valence-electron chi connectivity index (χ4n) is 1.02. The van der Waals surface area contributed by atoms with Crippen LogP contribution in [0.5, 0.6) is 5.75 Å². The second-order valence-electron chi connectivity index (χ2n) is 3.04. The molecule has 0 aliphatic heterocycles. The molecule has 0 bridgehead atoms. The van der Waals surface area contributed by atoms with Crippen molar-refractivity contribution in [2.24, 2.45) is 0 Å². The minimum atomic E-state index is -0.422. The van der Waals surface area contributed by atoms with Gasteiger partial charge in [-0.2, -0.15) is 0 Å². The van der Waals surface area contributed by atoms with Gasteiger partial charge in [-0.25, -0.2) is 4.79 Å². The predicted octanol–water partition coefficient (Wildman–Crippen LogP) is 2.83. The fraction of sp³-hybridized carbons (Fsp3) is 0.154. The zero-order valence-electron chi connectivity index (χ0n) is 9.18. The second kappa shape index (κ2) is 6.45. The van der Waals surface area contributed by atoms with Crippen LogP contribution in [0, 0.1) is 0 Å². The van der Waals surface area contributed by atoms with Crippen molar-refractivity contribution < 1.29 is 14.3 Å². The number of allylic oxidation sites excluding steroid dienone is 1. The molecule has 0 aromatic heterocycles. The molecular formula is C13H14O3. The van der Waals surface area contributed by atoms with E-state index in [1.807, 2.05) is 31.2 Å². The Morgan fingerprint density at radius 1 is 1.38 bits per heavy atom. The first-order chi connectivity index (χ1) is 7.76. The van der Waals surface area contributed by atoms with Gasteiger partial charge in [0.1, 0.15) is 12.4 Å². The lowest BCUT2D eigenvalue weighted by Crippen LogP contribution is -1.99. The Morgan fingerprint density at radius 3 is 2.62 bits per heavy atom. The SMILES string of the molecule is C=CC(=O)OCc1ccc(OC=CC)cc1. The van der Waals surface area contributed by atoms with E-state index in [0.717, 1.165) is 17.4 Å². The molecule has 3 heteroatoms. The maximum absolute atomic E-state index is 10.8. The van der Waals surface area contributed by atoms with Crippen LogP contribution in [0.2, 0.25) is 0 Å². The molecule has 16 heavy (non-hydrogen) atoms. The van der Waals surface area contributed by atoms with E-state index in [1.165, 1.54) is 0 Å². The summed E-state index contributed by atoms with van der Waals surface area (Å²) in [6.45, 7) is 5.44. The highest BCUT2D eigenvalue weighted by atomic mass is 16.5. The fourth-order valence-corrected chi connectivity index (χ4v) is 1.02. The highest BCUT2D eigenvalue weighted by Crippen LogP contribution is 2.13. The van der Waals surface area contributed by atoms with Crippen molar-refractivity contribution >= 4 is 5.97 Å². The number of rotatable bonds is 5. The predicted molar refractivity (Wildman–Crippen MR) is 61.9 cm³/mol. The molecule has 84 valence electrons. The lowest BCUT2D eigenvalue weighted by molar-refractivity contribution is -0.138. The number of benzene rings is 1. The van der Waals surface area contributed by atoms with Crippen LogP contribution in [-0.2, 0) is 16.1 Å². The van der Waals surface area contributed by atoms with Gasteiger partial charge in [-0.05, 0) is 24.6 Å². The van der Waals surface area contributed by atoms with Crippen molar-refractivity contribution in [3.8, 4) is 5.75 Å². The van der Waals surface area contributed by atoms with Crippen molar-refractivity contribution in [3.63, 3.8) is 0 Å². The van der Waals surface area contributed by atoms with Crippen LogP contribution in [-0.4, -0.2) is 5.97 Å². The van der Waals surface area contributed by atoms with Crippen molar-refractivity contribution in [1.29, 1.82) is 0 Å². The average molecular weight is 218 g/mol. The van der Waals surface area contributed by atoms with E-state index in [4.69, 9.17) is 9.47 Å². The Bertz CT molecular complexity index is 377. The molecule has 0 unspecified atom stereocenters. The van der Waals surface area contributed by atoms with E-state index in [0.29, 0.717) is 0 Å². The van der Waals surface area contributed by atoms with Crippen LogP contribution in [0.15, 0.2) is 49.3 Å². The van der Waals surface area contributed by atoms with Crippen molar-refractivity contribution in [1.82, 2.24) is 0 Å². The largest absolute Gasteiger partial charge is 0.465 e. The molecule has 0 atom stereocenters. The summed E-state index contributed by atoms with van der Waals surface area (Å²) in [5.41, 5.74) is 0.906. The zero-order valence-corrected chi connectivity index (χ0v) is 9.18. The number of hydrogen-bond acceptors (Lipinski definition) is 3. The minimum absolute atomic E-state index is 0.245. The van der Waals surface area contributed by atoms with Gasteiger partial charge in [-0.15, -0.1) is 0 Å². The Morgan fingerprint density at radius 2 is 2.06 bits per heavy atom. The third kappa shape index (κ3) is 4.00. The monoisotopic (exact) mass is 218 g/mol. The van der Waals surface area contributed by atoms with Crippen LogP contribution < -0.4 is 4.74 Å².